The third kappa shape index (κ3) is 3.31. The van der Waals surface area contributed by atoms with Crippen molar-refractivity contribution in [3.63, 3.8) is 0 Å². The molecule has 0 spiro atoms. The Hall–Kier alpha value is -1.39. The van der Waals surface area contributed by atoms with Gasteiger partial charge in [-0.2, -0.15) is 0 Å². The number of esters is 1. The van der Waals surface area contributed by atoms with Crippen LogP contribution in [-0.2, 0) is 19.9 Å². The number of ether oxygens (including phenoxy) is 2. The highest BCUT2D eigenvalue weighted by atomic mass is 16.5. The molecule has 0 saturated heterocycles. The van der Waals surface area contributed by atoms with Gasteiger partial charge in [0.1, 0.15) is 5.60 Å². The van der Waals surface area contributed by atoms with Crippen molar-refractivity contribution in [3.8, 4) is 0 Å². The standard InChI is InChI=1S/C14H20O4/c1-4-18-13(15)10-14(16,11(2)17-3)12-8-6-5-7-9-12/h5-9,11,16H,4,10H2,1-3H3/t11-,14-/m1/s1. The summed E-state index contributed by atoms with van der Waals surface area (Å²) in [6.45, 7) is 3.76. The number of benzene rings is 1. The Labute approximate surface area is 108 Å². The second-order valence-electron chi connectivity index (χ2n) is 4.15. The third-order valence-corrected chi connectivity index (χ3v) is 3.02. The summed E-state index contributed by atoms with van der Waals surface area (Å²) in [4.78, 5) is 11.6. The van der Waals surface area contributed by atoms with Gasteiger partial charge in [0.25, 0.3) is 0 Å². The lowest BCUT2D eigenvalue weighted by atomic mass is 9.85. The zero-order valence-electron chi connectivity index (χ0n) is 11.1. The van der Waals surface area contributed by atoms with Gasteiger partial charge in [0.15, 0.2) is 0 Å². The molecule has 1 N–H and O–H groups in total. The summed E-state index contributed by atoms with van der Waals surface area (Å²) in [6.07, 6.45) is -0.635. The summed E-state index contributed by atoms with van der Waals surface area (Å²) >= 11 is 0. The first-order valence-corrected chi connectivity index (χ1v) is 6.01. The van der Waals surface area contributed by atoms with Crippen LogP contribution in [0.4, 0.5) is 0 Å². The van der Waals surface area contributed by atoms with Crippen LogP contribution in [0.25, 0.3) is 0 Å². The Bertz CT molecular complexity index is 377. The number of aliphatic hydroxyl groups is 1. The molecule has 0 aliphatic carbocycles. The molecule has 0 aliphatic heterocycles. The van der Waals surface area contributed by atoms with Crippen LogP contribution in [0.2, 0.25) is 0 Å². The van der Waals surface area contributed by atoms with Crippen LogP contribution in [0.15, 0.2) is 30.3 Å². The number of carbonyl (C=O) groups is 1. The monoisotopic (exact) mass is 252 g/mol. The molecule has 4 heteroatoms. The summed E-state index contributed by atoms with van der Waals surface area (Å²) in [5.41, 5.74) is -0.727. The highest BCUT2D eigenvalue weighted by molar-refractivity contribution is 5.71. The first kappa shape index (κ1) is 14.7. The van der Waals surface area contributed by atoms with E-state index in [2.05, 4.69) is 0 Å². The number of methoxy groups -OCH3 is 1. The van der Waals surface area contributed by atoms with Crippen molar-refractivity contribution in [2.75, 3.05) is 13.7 Å². The Morgan fingerprint density at radius 3 is 2.50 bits per heavy atom. The number of hydrogen-bond acceptors (Lipinski definition) is 4. The maximum absolute atomic E-state index is 11.6. The minimum Gasteiger partial charge on any atom is -0.466 e. The normalized spacial score (nSPS) is 15.8. The van der Waals surface area contributed by atoms with E-state index in [1.807, 2.05) is 18.2 Å². The van der Waals surface area contributed by atoms with E-state index >= 15 is 0 Å². The van der Waals surface area contributed by atoms with Gasteiger partial charge in [0.05, 0.1) is 19.1 Å². The van der Waals surface area contributed by atoms with Gasteiger partial charge in [0.2, 0.25) is 0 Å². The van der Waals surface area contributed by atoms with E-state index in [1.54, 1.807) is 26.0 Å². The van der Waals surface area contributed by atoms with Gasteiger partial charge in [-0.05, 0) is 19.4 Å². The van der Waals surface area contributed by atoms with E-state index in [9.17, 15) is 9.90 Å². The van der Waals surface area contributed by atoms with Gasteiger partial charge in [-0.3, -0.25) is 4.79 Å². The van der Waals surface area contributed by atoms with E-state index in [0.29, 0.717) is 12.2 Å². The quantitative estimate of drug-likeness (QED) is 0.785. The maximum Gasteiger partial charge on any atom is 0.309 e. The molecule has 0 fully saturated rings. The molecule has 0 radical (unpaired) electrons. The predicted molar refractivity (Wildman–Crippen MR) is 68.1 cm³/mol. The van der Waals surface area contributed by atoms with Crippen LogP contribution in [0, 0.1) is 0 Å². The highest BCUT2D eigenvalue weighted by Crippen LogP contribution is 2.30. The van der Waals surface area contributed by atoms with Crippen molar-refractivity contribution < 1.29 is 19.4 Å². The number of hydrogen-bond donors (Lipinski definition) is 1. The lowest BCUT2D eigenvalue weighted by molar-refractivity contribution is -0.157. The van der Waals surface area contributed by atoms with E-state index in [1.165, 1.54) is 7.11 Å². The van der Waals surface area contributed by atoms with Gasteiger partial charge in [-0.1, -0.05) is 30.3 Å². The first-order valence-electron chi connectivity index (χ1n) is 6.01. The van der Waals surface area contributed by atoms with Crippen molar-refractivity contribution in [3.05, 3.63) is 35.9 Å². The molecule has 4 nitrogen and oxygen atoms in total. The number of carbonyl (C=O) groups excluding carboxylic acids is 1. The van der Waals surface area contributed by atoms with Crippen LogP contribution in [0.3, 0.4) is 0 Å². The zero-order chi connectivity index (χ0) is 13.6. The van der Waals surface area contributed by atoms with Crippen LogP contribution in [0.1, 0.15) is 25.8 Å². The highest BCUT2D eigenvalue weighted by Gasteiger charge is 2.38. The van der Waals surface area contributed by atoms with Gasteiger partial charge in [0, 0.05) is 7.11 Å². The lowest BCUT2D eigenvalue weighted by Gasteiger charge is -2.32. The SMILES string of the molecule is CCOC(=O)C[C@](O)(c1ccccc1)[C@@H](C)OC. The summed E-state index contributed by atoms with van der Waals surface area (Å²) < 4.78 is 10.1. The smallest absolute Gasteiger partial charge is 0.309 e. The van der Waals surface area contributed by atoms with Gasteiger partial charge in [-0.15, -0.1) is 0 Å². The van der Waals surface area contributed by atoms with E-state index in [0.717, 1.165) is 0 Å². The Morgan fingerprint density at radius 2 is 2.00 bits per heavy atom. The molecule has 100 valence electrons. The molecule has 18 heavy (non-hydrogen) atoms. The average molecular weight is 252 g/mol. The fourth-order valence-corrected chi connectivity index (χ4v) is 1.83. The van der Waals surface area contributed by atoms with Crippen molar-refractivity contribution in [1.29, 1.82) is 0 Å². The maximum atomic E-state index is 11.6. The molecule has 0 aromatic heterocycles. The van der Waals surface area contributed by atoms with Gasteiger partial charge in [-0.25, -0.2) is 0 Å². The van der Waals surface area contributed by atoms with Gasteiger partial charge < -0.3 is 14.6 Å². The molecule has 0 unspecified atom stereocenters. The topological polar surface area (TPSA) is 55.8 Å². The fraction of sp³-hybridized carbons (Fsp3) is 0.500. The largest absolute Gasteiger partial charge is 0.466 e. The van der Waals surface area contributed by atoms with Crippen molar-refractivity contribution in [1.82, 2.24) is 0 Å². The number of rotatable bonds is 6. The minimum absolute atomic E-state index is 0.125. The molecule has 1 aromatic carbocycles. The molecular weight excluding hydrogens is 232 g/mol. The zero-order valence-corrected chi connectivity index (χ0v) is 11.1. The molecule has 1 rings (SSSR count). The lowest BCUT2D eigenvalue weighted by Crippen LogP contribution is -2.41. The Kier molecular flexibility index (Phi) is 5.31. The van der Waals surface area contributed by atoms with Crippen LogP contribution < -0.4 is 0 Å². The predicted octanol–water partition coefficient (Wildman–Crippen LogP) is 1.86. The van der Waals surface area contributed by atoms with Crippen molar-refractivity contribution in [2.45, 2.75) is 32.0 Å². The fourth-order valence-electron chi connectivity index (χ4n) is 1.83. The van der Waals surface area contributed by atoms with E-state index in [-0.39, 0.29) is 6.42 Å². The Balaban J connectivity index is 3.00. The molecule has 0 amide bonds. The van der Waals surface area contributed by atoms with E-state index < -0.39 is 17.7 Å². The van der Waals surface area contributed by atoms with E-state index in [4.69, 9.17) is 9.47 Å². The summed E-state index contributed by atoms with van der Waals surface area (Å²) in [6, 6.07) is 9.02. The van der Waals surface area contributed by atoms with Crippen LogP contribution >= 0.6 is 0 Å². The first-order chi connectivity index (χ1) is 8.54. The molecular formula is C14H20O4. The van der Waals surface area contributed by atoms with Crippen molar-refractivity contribution in [2.24, 2.45) is 0 Å². The molecule has 0 saturated carbocycles. The summed E-state index contributed by atoms with van der Waals surface area (Å²) in [5.74, 6) is -0.437. The average Bonchev–Trinajstić information content (AvgIpc) is 2.38. The molecule has 0 bridgehead atoms. The summed E-state index contributed by atoms with van der Waals surface area (Å²) in [5, 5.41) is 10.7. The molecule has 2 atom stereocenters. The van der Waals surface area contributed by atoms with Gasteiger partial charge >= 0.3 is 5.97 Å². The van der Waals surface area contributed by atoms with Crippen LogP contribution in [0.5, 0.6) is 0 Å². The second-order valence-corrected chi connectivity index (χ2v) is 4.15. The molecule has 1 aromatic rings. The minimum atomic E-state index is -1.37. The van der Waals surface area contributed by atoms with Crippen LogP contribution in [-0.4, -0.2) is 30.9 Å². The third-order valence-electron chi connectivity index (χ3n) is 3.02. The molecule has 0 heterocycles. The molecule has 0 aliphatic rings. The Morgan fingerprint density at radius 1 is 1.39 bits per heavy atom. The summed E-state index contributed by atoms with van der Waals surface area (Å²) in [7, 11) is 1.50. The van der Waals surface area contributed by atoms with Crippen molar-refractivity contribution >= 4 is 5.97 Å². The second kappa shape index (κ2) is 6.52.